The van der Waals surface area contributed by atoms with Crippen LogP contribution in [-0.2, 0) is 11.3 Å². The van der Waals surface area contributed by atoms with E-state index in [2.05, 4.69) is 20.6 Å². The van der Waals surface area contributed by atoms with Crippen LogP contribution in [0.4, 0.5) is 5.69 Å². The Morgan fingerprint density at radius 3 is 2.93 bits per heavy atom. The van der Waals surface area contributed by atoms with Crippen molar-refractivity contribution in [3.05, 3.63) is 30.6 Å². The highest BCUT2D eigenvalue weighted by Crippen LogP contribution is 2.32. The van der Waals surface area contributed by atoms with Gasteiger partial charge in [-0.25, -0.2) is 0 Å². The summed E-state index contributed by atoms with van der Waals surface area (Å²) in [6, 6.07) is 5.34. The highest BCUT2D eigenvalue weighted by Gasteiger charge is 2.14. The van der Waals surface area contributed by atoms with E-state index in [0.29, 0.717) is 41.5 Å². The zero-order valence-corrected chi connectivity index (χ0v) is 16.1. The average Bonchev–Trinajstić information content (AvgIpc) is 3.31. The molecular formula is C18H19N5O4S. The molecule has 4 rings (SSSR count). The quantitative estimate of drug-likeness (QED) is 0.629. The number of carbonyl (C=O) groups is 1. The van der Waals surface area contributed by atoms with Gasteiger partial charge in [0.25, 0.3) is 11.1 Å². The van der Waals surface area contributed by atoms with Crippen LogP contribution in [0.25, 0.3) is 11.5 Å². The maximum absolute atomic E-state index is 12.2. The molecule has 1 amide bonds. The van der Waals surface area contributed by atoms with Gasteiger partial charge in [0.15, 0.2) is 11.5 Å². The Labute approximate surface area is 165 Å². The van der Waals surface area contributed by atoms with Crippen molar-refractivity contribution in [2.75, 3.05) is 24.3 Å². The summed E-state index contributed by atoms with van der Waals surface area (Å²) in [4.78, 5) is 12.2. The van der Waals surface area contributed by atoms with Crippen LogP contribution < -0.4 is 14.8 Å². The Kier molecular flexibility index (Phi) is 5.47. The minimum absolute atomic E-state index is 0.143. The standard InChI is InChI=1S/C18H19N5O4S/c1-2-23-10-12(9-19-23)17-21-22-18(27-17)28-11-16(24)20-13-4-5-14-15(8-13)26-7-3-6-25-14/h4-5,8-10H,2-3,6-7,11H2,1H3,(H,20,24). The molecule has 2 aromatic heterocycles. The van der Waals surface area contributed by atoms with E-state index in [1.807, 2.05) is 13.1 Å². The van der Waals surface area contributed by atoms with Gasteiger partial charge >= 0.3 is 0 Å². The number of carbonyl (C=O) groups excluding carboxylic acids is 1. The number of fused-ring (bicyclic) bond motifs is 1. The first kappa shape index (κ1) is 18.4. The smallest absolute Gasteiger partial charge is 0.277 e. The van der Waals surface area contributed by atoms with E-state index in [0.717, 1.165) is 18.5 Å². The number of thioether (sulfide) groups is 1. The van der Waals surface area contributed by atoms with Crippen molar-refractivity contribution < 1.29 is 18.7 Å². The van der Waals surface area contributed by atoms with Crippen LogP contribution in [0.3, 0.4) is 0 Å². The number of aromatic nitrogens is 4. The molecule has 9 nitrogen and oxygen atoms in total. The van der Waals surface area contributed by atoms with E-state index in [1.165, 1.54) is 11.8 Å². The lowest BCUT2D eigenvalue weighted by atomic mass is 10.2. The molecule has 3 aromatic rings. The molecule has 0 bridgehead atoms. The second-order valence-corrected chi connectivity index (χ2v) is 6.93. The molecule has 0 saturated heterocycles. The number of nitrogens with one attached hydrogen (secondary N) is 1. The molecule has 0 spiro atoms. The minimum Gasteiger partial charge on any atom is -0.490 e. The number of aryl methyl sites for hydroxylation is 1. The van der Waals surface area contributed by atoms with Crippen LogP contribution in [0.2, 0.25) is 0 Å². The first-order valence-electron chi connectivity index (χ1n) is 8.90. The van der Waals surface area contributed by atoms with E-state index in [-0.39, 0.29) is 11.7 Å². The van der Waals surface area contributed by atoms with Crippen molar-refractivity contribution in [3.8, 4) is 23.0 Å². The van der Waals surface area contributed by atoms with Gasteiger partial charge in [0.05, 0.1) is 30.7 Å². The van der Waals surface area contributed by atoms with Gasteiger partial charge in [0.2, 0.25) is 5.91 Å². The van der Waals surface area contributed by atoms with Gasteiger partial charge in [-0.3, -0.25) is 9.48 Å². The van der Waals surface area contributed by atoms with Crippen molar-refractivity contribution in [2.45, 2.75) is 25.1 Å². The first-order chi connectivity index (χ1) is 13.7. The summed E-state index contributed by atoms with van der Waals surface area (Å²) < 4.78 is 18.6. The molecule has 10 heteroatoms. The fourth-order valence-electron chi connectivity index (χ4n) is 2.60. The van der Waals surface area contributed by atoms with E-state index in [4.69, 9.17) is 13.9 Å². The van der Waals surface area contributed by atoms with E-state index < -0.39 is 0 Å². The molecule has 28 heavy (non-hydrogen) atoms. The third kappa shape index (κ3) is 4.28. The number of hydrogen-bond donors (Lipinski definition) is 1. The number of ether oxygens (including phenoxy) is 2. The van der Waals surface area contributed by atoms with Crippen LogP contribution >= 0.6 is 11.8 Å². The molecule has 1 aliphatic heterocycles. The molecule has 0 radical (unpaired) electrons. The largest absolute Gasteiger partial charge is 0.490 e. The van der Waals surface area contributed by atoms with E-state index >= 15 is 0 Å². The molecule has 146 valence electrons. The molecule has 3 heterocycles. The number of nitrogens with zero attached hydrogens (tertiary/aromatic N) is 4. The van der Waals surface area contributed by atoms with Crippen LogP contribution in [-0.4, -0.2) is 44.9 Å². The van der Waals surface area contributed by atoms with Crippen molar-refractivity contribution in [1.82, 2.24) is 20.0 Å². The average molecular weight is 401 g/mol. The fraction of sp³-hybridized carbons (Fsp3) is 0.333. The van der Waals surface area contributed by atoms with Gasteiger partial charge < -0.3 is 19.2 Å². The normalized spacial score (nSPS) is 13.2. The summed E-state index contributed by atoms with van der Waals surface area (Å²) in [6.07, 6.45) is 4.33. The number of benzene rings is 1. The Bertz CT molecular complexity index is 971. The summed E-state index contributed by atoms with van der Waals surface area (Å²) in [5, 5.41) is 15.3. The number of amides is 1. The first-order valence-corrected chi connectivity index (χ1v) is 9.88. The van der Waals surface area contributed by atoms with Crippen molar-refractivity contribution in [3.63, 3.8) is 0 Å². The van der Waals surface area contributed by atoms with Crippen LogP contribution in [0.5, 0.6) is 11.5 Å². The number of anilines is 1. The lowest BCUT2D eigenvalue weighted by Crippen LogP contribution is -2.14. The predicted molar refractivity (Wildman–Crippen MR) is 103 cm³/mol. The third-order valence-corrected chi connectivity index (χ3v) is 4.79. The van der Waals surface area contributed by atoms with Crippen LogP contribution in [0.1, 0.15) is 13.3 Å². The molecule has 1 aliphatic rings. The summed E-state index contributed by atoms with van der Waals surface area (Å²) in [5.74, 6) is 1.67. The summed E-state index contributed by atoms with van der Waals surface area (Å²) in [5.41, 5.74) is 1.39. The topological polar surface area (TPSA) is 104 Å². The van der Waals surface area contributed by atoms with Crippen molar-refractivity contribution in [2.24, 2.45) is 0 Å². The minimum atomic E-state index is -0.182. The number of rotatable bonds is 6. The molecule has 0 aliphatic carbocycles. The van der Waals surface area contributed by atoms with Gasteiger partial charge in [0, 0.05) is 30.9 Å². The lowest BCUT2D eigenvalue weighted by molar-refractivity contribution is -0.113. The molecule has 0 unspecified atom stereocenters. The molecular weight excluding hydrogens is 382 g/mol. The van der Waals surface area contributed by atoms with E-state index in [9.17, 15) is 4.79 Å². The van der Waals surface area contributed by atoms with Gasteiger partial charge in [-0.15, -0.1) is 10.2 Å². The lowest BCUT2D eigenvalue weighted by Gasteiger charge is -2.10. The molecule has 1 N–H and O–H groups in total. The van der Waals surface area contributed by atoms with E-state index in [1.54, 1.807) is 29.1 Å². The molecule has 1 aromatic carbocycles. The molecule has 0 fully saturated rings. The summed E-state index contributed by atoms with van der Waals surface area (Å²) in [6.45, 7) is 3.97. The highest BCUT2D eigenvalue weighted by atomic mass is 32.2. The van der Waals surface area contributed by atoms with Gasteiger partial charge in [-0.2, -0.15) is 5.10 Å². The Morgan fingerprint density at radius 2 is 2.11 bits per heavy atom. The zero-order chi connectivity index (χ0) is 19.3. The third-order valence-electron chi connectivity index (χ3n) is 3.97. The second kappa shape index (κ2) is 8.34. The second-order valence-electron chi connectivity index (χ2n) is 6.01. The van der Waals surface area contributed by atoms with Gasteiger partial charge in [0.1, 0.15) is 0 Å². The van der Waals surface area contributed by atoms with Crippen LogP contribution in [0.15, 0.2) is 40.2 Å². The van der Waals surface area contributed by atoms with Crippen molar-refractivity contribution >= 4 is 23.4 Å². The van der Waals surface area contributed by atoms with Crippen LogP contribution in [0, 0.1) is 0 Å². The predicted octanol–water partition coefficient (Wildman–Crippen LogP) is 2.85. The Morgan fingerprint density at radius 1 is 1.25 bits per heavy atom. The van der Waals surface area contributed by atoms with Gasteiger partial charge in [-0.05, 0) is 19.1 Å². The summed E-state index contributed by atoms with van der Waals surface area (Å²) >= 11 is 1.17. The monoisotopic (exact) mass is 401 g/mol. The van der Waals surface area contributed by atoms with Crippen molar-refractivity contribution in [1.29, 1.82) is 0 Å². The SMILES string of the molecule is CCn1cc(-c2nnc(SCC(=O)Nc3ccc4c(c3)OCCCO4)o2)cn1. The Hall–Kier alpha value is -3.01. The number of hydrogen-bond acceptors (Lipinski definition) is 8. The molecule has 0 saturated carbocycles. The molecule has 0 atom stereocenters. The fourth-order valence-corrected chi connectivity index (χ4v) is 3.16. The highest BCUT2D eigenvalue weighted by molar-refractivity contribution is 7.99. The van der Waals surface area contributed by atoms with Gasteiger partial charge in [-0.1, -0.05) is 11.8 Å². The maximum atomic E-state index is 12.2. The zero-order valence-electron chi connectivity index (χ0n) is 15.3. The Balaban J connectivity index is 1.33. The summed E-state index contributed by atoms with van der Waals surface area (Å²) in [7, 11) is 0. The maximum Gasteiger partial charge on any atom is 0.277 e.